The van der Waals surface area contributed by atoms with Crippen LogP contribution in [0, 0.1) is 24.2 Å². The molecular formula is C45H52O13S. The maximum Gasteiger partial charge on any atom is 0.338 e. The number of carbonyl (C=O) groups excluding carboxylic acids is 4. The van der Waals surface area contributed by atoms with E-state index >= 15 is 0 Å². The number of hydrogen-bond donors (Lipinski definition) is 2. The van der Waals surface area contributed by atoms with Gasteiger partial charge in [0.2, 0.25) is 0 Å². The first-order valence-corrected chi connectivity index (χ1v) is 20.7. The minimum absolute atomic E-state index is 0.123. The van der Waals surface area contributed by atoms with Gasteiger partial charge in [0, 0.05) is 31.6 Å². The summed E-state index contributed by atoms with van der Waals surface area (Å²) >= 11 is 0. The van der Waals surface area contributed by atoms with Gasteiger partial charge in [0.1, 0.15) is 36.1 Å². The highest BCUT2D eigenvalue weighted by Crippen LogP contribution is 2.53. The summed E-state index contributed by atoms with van der Waals surface area (Å²) in [5, 5.41) is 25.0. The molecule has 5 rings (SSSR count). The van der Waals surface area contributed by atoms with E-state index in [0.29, 0.717) is 0 Å². The molecule has 0 spiro atoms. The van der Waals surface area contributed by atoms with E-state index in [2.05, 4.69) is 0 Å². The zero-order valence-corrected chi connectivity index (χ0v) is 35.2. The molecule has 14 heteroatoms. The molecule has 3 aromatic rings. The highest BCUT2D eigenvalue weighted by atomic mass is 32.2. The zero-order valence-electron chi connectivity index (χ0n) is 34.4. The highest BCUT2D eigenvalue weighted by molar-refractivity contribution is 7.86. The first kappa shape index (κ1) is 44.9. The van der Waals surface area contributed by atoms with E-state index in [1.807, 2.05) is 0 Å². The Morgan fingerprint density at radius 2 is 1.29 bits per heavy atom. The van der Waals surface area contributed by atoms with Gasteiger partial charge in [0.05, 0.1) is 21.9 Å². The molecule has 0 radical (unpaired) electrons. The minimum atomic E-state index is -4.72. The lowest BCUT2D eigenvalue weighted by Crippen LogP contribution is -2.65. The van der Waals surface area contributed by atoms with E-state index in [-0.39, 0.29) is 28.0 Å². The van der Waals surface area contributed by atoms with E-state index in [0.717, 1.165) is 12.5 Å². The molecular weight excluding hydrogens is 781 g/mol. The van der Waals surface area contributed by atoms with Crippen molar-refractivity contribution >= 4 is 34.0 Å². The Kier molecular flexibility index (Phi) is 13.4. The van der Waals surface area contributed by atoms with Crippen LogP contribution in [0.1, 0.15) is 81.2 Å². The summed E-state index contributed by atoms with van der Waals surface area (Å²) in [7, 11) is -4.72. The van der Waals surface area contributed by atoms with Gasteiger partial charge in [-0.05, 0) is 62.7 Å². The van der Waals surface area contributed by atoms with Gasteiger partial charge in [0.25, 0.3) is 10.1 Å². The van der Waals surface area contributed by atoms with Gasteiger partial charge in [-0.3, -0.25) is 13.8 Å². The lowest BCUT2D eigenvalue weighted by molar-refractivity contribution is -0.218. The van der Waals surface area contributed by atoms with Gasteiger partial charge in [-0.1, -0.05) is 93.1 Å². The lowest BCUT2D eigenvalue weighted by Gasteiger charge is -2.46. The van der Waals surface area contributed by atoms with Crippen LogP contribution in [0.5, 0.6) is 0 Å². The Bertz CT molecular complexity index is 2180. The maximum atomic E-state index is 14.2. The Morgan fingerprint density at radius 1 is 0.746 bits per heavy atom. The fourth-order valence-corrected chi connectivity index (χ4v) is 8.96. The summed E-state index contributed by atoms with van der Waals surface area (Å²) in [6, 6.07) is 21.9. The Balaban J connectivity index is 1.81. The van der Waals surface area contributed by atoms with Crippen LogP contribution < -0.4 is 0 Å². The second kappa shape index (κ2) is 17.6. The smallest absolute Gasteiger partial charge is 0.338 e. The van der Waals surface area contributed by atoms with Gasteiger partial charge in [0.15, 0.2) is 5.60 Å². The van der Waals surface area contributed by atoms with Crippen LogP contribution in [-0.4, -0.2) is 84.2 Å². The summed E-state index contributed by atoms with van der Waals surface area (Å²) in [5.41, 5.74) is -4.58. The van der Waals surface area contributed by atoms with Crippen LogP contribution >= 0.6 is 0 Å². The van der Waals surface area contributed by atoms with Gasteiger partial charge >= 0.3 is 23.9 Å². The molecule has 2 aliphatic rings. The average Bonchev–Trinajstić information content (AvgIpc) is 3.37. The first-order valence-electron chi connectivity index (χ1n) is 19.3. The molecule has 2 aliphatic carbocycles. The highest BCUT2D eigenvalue weighted by Gasteiger charge is 2.70. The number of esters is 4. The standard InChI is InChI=1S/C45H52O13S/c1-27-19-21-34(22-20-27)59(52,53)58-39-29(3)38(56-41(49)33-17-13-10-14-18-33)35-25-28(2)36(55-40(48)32-15-11-9-12-16-32)26-37(54-30(4)46)43(6,7)23-24-44(8,51)42(50)45(35,39)57-31(5)47/h9-25,29,35-39,42,50-51H,26H2,1-8H3/b24-23+,28-25+/t29-,35+,36-,37-,38+,39+,42-,44-,45+/m1/s1. The van der Waals surface area contributed by atoms with E-state index < -0.39 is 93.0 Å². The quantitative estimate of drug-likeness (QED) is 0.110. The van der Waals surface area contributed by atoms with Crippen molar-refractivity contribution in [1.82, 2.24) is 0 Å². The SMILES string of the molecule is CC(=O)O[C@@H]1C[C@@H](OC(=O)c2ccccc2)/C(C)=C/[C@H]2[C@@H](OC(=O)c3ccccc3)[C@@H](C)[C@H](OS(=O)(=O)c3ccc(C)cc3)[C@]2(OC(C)=O)[C@H](O)[C@](C)(O)/C=C/C1(C)C. The minimum Gasteiger partial charge on any atom is -0.461 e. The number of aliphatic hydroxyl groups excluding tert-OH is 1. The number of rotatable bonds is 9. The van der Waals surface area contributed by atoms with Crippen molar-refractivity contribution in [1.29, 1.82) is 0 Å². The molecule has 0 unspecified atom stereocenters. The molecule has 1 fully saturated rings. The molecule has 1 saturated carbocycles. The third kappa shape index (κ3) is 9.84. The molecule has 59 heavy (non-hydrogen) atoms. The number of ether oxygens (including phenoxy) is 4. The topological polar surface area (TPSA) is 189 Å². The molecule has 0 aromatic heterocycles. The zero-order chi connectivity index (χ0) is 43.5. The summed E-state index contributed by atoms with van der Waals surface area (Å²) in [4.78, 5) is 53.3. The number of aryl methyl sites for hydroxylation is 1. The Morgan fingerprint density at radius 3 is 1.81 bits per heavy atom. The van der Waals surface area contributed by atoms with Crippen LogP contribution in [0.2, 0.25) is 0 Å². The Labute approximate surface area is 345 Å². The molecule has 0 heterocycles. The summed E-state index contributed by atoms with van der Waals surface area (Å²) in [6.45, 7) is 11.8. The van der Waals surface area contributed by atoms with Crippen molar-refractivity contribution in [3.8, 4) is 0 Å². The van der Waals surface area contributed by atoms with Crippen molar-refractivity contribution in [3.05, 3.63) is 125 Å². The second-order valence-electron chi connectivity index (χ2n) is 16.1. The van der Waals surface area contributed by atoms with Crippen molar-refractivity contribution in [2.75, 3.05) is 0 Å². The number of carbonyl (C=O) groups is 4. The number of aliphatic hydroxyl groups is 2. The number of benzene rings is 3. The fraction of sp³-hybridized carbons (Fsp3) is 0.422. The van der Waals surface area contributed by atoms with Gasteiger partial charge < -0.3 is 29.2 Å². The molecule has 0 amide bonds. The number of fused-ring (bicyclic) bond motifs is 1. The van der Waals surface area contributed by atoms with E-state index in [1.54, 1.807) is 88.4 Å². The molecule has 13 nitrogen and oxygen atoms in total. The summed E-state index contributed by atoms with van der Waals surface area (Å²) < 4.78 is 58.7. The third-order valence-corrected chi connectivity index (χ3v) is 12.3. The van der Waals surface area contributed by atoms with E-state index in [9.17, 15) is 37.8 Å². The van der Waals surface area contributed by atoms with Gasteiger partial charge in [-0.25, -0.2) is 9.59 Å². The van der Waals surface area contributed by atoms with Crippen LogP contribution in [-0.2, 0) is 42.8 Å². The average molecular weight is 833 g/mol. The molecule has 0 aliphatic heterocycles. The van der Waals surface area contributed by atoms with Crippen molar-refractivity contribution in [2.45, 2.75) is 108 Å². The molecule has 316 valence electrons. The van der Waals surface area contributed by atoms with Gasteiger partial charge in [-0.15, -0.1) is 0 Å². The Hall–Kier alpha value is -5.15. The van der Waals surface area contributed by atoms with Crippen LogP contribution in [0.15, 0.2) is 114 Å². The molecule has 0 bridgehead atoms. The van der Waals surface area contributed by atoms with Crippen LogP contribution in [0.3, 0.4) is 0 Å². The number of hydrogen-bond acceptors (Lipinski definition) is 13. The van der Waals surface area contributed by atoms with Crippen molar-refractivity contribution in [2.24, 2.45) is 17.3 Å². The molecule has 0 saturated heterocycles. The molecule has 9 atom stereocenters. The fourth-order valence-electron chi connectivity index (χ4n) is 7.78. The summed E-state index contributed by atoms with van der Waals surface area (Å²) in [6.07, 6.45) is -3.51. The van der Waals surface area contributed by atoms with E-state index in [4.69, 9.17) is 23.1 Å². The third-order valence-electron chi connectivity index (χ3n) is 11.0. The molecule has 3 aromatic carbocycles. The van der Waals surface area contributed by atoms with Gasteiger partial charge in [-0.2, -0.15) is 8.42 Å². The summed E-state index contributed by atoms with van der Waals surface area (Å²) in [5.74, 6) is -5.84. The lowest BCUT2D eigenvalue weighted by atomic mass is 9.72. The first-order chi connectivity index (χ1) is 27.6. The monoisotopic (exact) mass is 832 g/mol. The predicted molar refractivity (Wildman–Crippen MR) is 215 cm³/mol. The second-order valence-corrected chi connectivity index (χ2v) is 17.7. The maximum absolute atomic E-state index is 14.2. The van der Waals surface area contributed by atoms with Crippen LogP contribution in [0.4, 0.5) is 0 Å². The van der Waals surface area contributed by atoms with Crippen molar-refractivity contribution in [3.63, 3.8) is 0 Å². The largest absolute Gasteiger partial charge is 0.461 e. The van der Waals surface area contributed by atoms with E-state index in [1.165, 1.54) is 63.3 Å². The predicted octanol–water partition coefficient (Wildman–Crippen LogP) is 6.06. The molecule has 2 N–H and O–H groups in total. The van der Waals surface area contributed by atoms with Crippen LogP contribution in [0.25, 0.3) is 0 Å². The van der Waals surface area contributed by atoms with Crippen molar-refractivity contribution < 1.29 is 60.9 Å². The normalized spacial score (nSPS) is 30.8.